The summed E-state index contributed by atoms with van der Waals surface area (Å²) in [6.45, 7) is 3.79. The third-order valence-corrected chi connectivity index (χ3v) is 7.99. The van der Waals surface area contributed by atoms with Gasteiger partial charge in [-0.05, 0) is 0 Å². The van der Waals surface area contributed by atoms with E-state index in [0.29, 0.717) is 0 Å². The van der Waals surface area contributed by atoms with E-state index in [2.05, 4.69) is 32.3 Å². The Balaban J connectivity index is 2.21. The van der Waals surface area contributed by atoms with Crippen LogP contribution in [0.4, 0.5) is 13.2 Å². The second-order valence-corrected chi connectivity index (χ2v) is 23.2. The molecule has 0 radical (unpaired) electrons. The molecule has 1 aliphatic rings. The molecule has 6 heteroatoms. The summed E-state index contributed by atoms with van der Waals surface area (Å²) in [5, 5.41) is 2.62. The van der Waals surface area contributed by atoms with E-state index in [1.165, 1.54) is 11.8 Å². The number of nitrogens with zero attached hydrogens (tertiary/aromatic N) is 1. The molecule has 0 spiro atoms. The topological polar surface area (TPSA) is 15.3 Å². The molecule has 128 valence electrons. The quantitative estimate of drug-likeness (QED) is 0.686. The third-order valence-electron chi connectivity index (χ3n) is 3.80. The van der Waals surface area contributed by atoms with Crippen molar-refractivity contribution in [2.24, 2.45) is 0 Å². The average molecular weight is 433 g/mol. The Kier molecular flexibility index (Phi) is 5.28. The van der Waals surface area contributed by atoms with Gasteiger partial charge in [-0.2, -0.15) is 0 Å². The normalized spacial score (nSPS) is 19.1. The Hall–Kier alpha value is -0.851. The Labute approximate surface area is 140 Å². The summed E-state index contributed by atoms with van der Waals surface area (Å²) in [6.07, 6.45) is -3.61. The Morgan fingerprint density at radius 1 is 1.13 bits per heavy atom. The zero-order valence-corrected chi connectivity index (χ0v) is 17.2. The van der Waals surface area contributed by atoms with Crippen LogP contribution in [0.5, 0.6) is 0 Å². The van der Waals surface area contributed by atoms with Gasteiger partial charge in [-0.25, -0.2) is 0 Å². The van der Waals surface area contributed by atoms with Gasteiger partial charge in [-0.1, -0.05) is 0 Å². The van der Waals surface area contributed by atoms with Crippen molar-refractivity contribution in [1.29, 1.82) is 0 Å². The molecule has 1 unspecified atom stereocenters. The van der Waals surface area contributed by atoms with Crippen LogP contribution < -0.4 is 5.32 Å². The fourth-order valence-corrected chi connectivity index (χ4v) is 6.94. The molecule has 0 amide bonds. The van der Waals surface area contributed by atoms with Crippen LogP contribution in [0.1, 0.15) is 31.1 Å². The summed E-state index contributed by atoms with van der Waals surface area (Å²) in [5.74, 6) is 0. The van der Waals surface area contributed by atoms with Crippen LogP contribution in [-0.2, 0) is 4.44 Å². The van der Waals surface area contributed by atoms with E-state index >= 15 is 0 Å². The van der Waals surface area contributed by atoms with E-state index in [9.17, 15) is 13.2 Å². The number of halogens is 3. The molecule has 1 heterocycles. The second-order valence-electron chi connectivity index (χ2n) is 7.61. The third kappa shape index (κ3) is 4.81. The number of allylic oxidation sites excluding steroid dienone is 1. The molecular weight excluding hydrogens is 408 g/mol. The van der Waals surface area contributed by atoms with Crippen LogP contribution in [0.15, 0.2) is 36.2 Å². The zero-order chi connectivity index (χ0) is 17.4. The first-order valence-corrected chi connectivity index (χ1v) is 18.5. The minimum absolute atomic E-state index is 0.0159. The van der Waals surface area contributed by atoms with Crippen molar-refractivity contribution in [3.05, 3.63) is 47.3 Å². The Morgan fingerprint density at radius 3 is 2.13 bits per heavy atom. The summed E-state index contributed by atoms with van der Waals surface area (Å²) in [5.41, 5.74) is 1.48. The van der Waals surface area contributed by atoms with Crippen molar-refractivity contribution < 1.29 is 13.2 Å². The molecule has 0 saturated heterocycles. The maximum atomic E-state index is 13.0. The van der Waals surface area contributed by atoms with Gasteiger partial charge in [0.05, 0.1) is 0 Å². The van der Waals surface area contributed by atoms with Crippen molar-refractivity contribution in [3.63, 3.8) is 0 Å². The molecular formula is C17H25F3N2Sn. The molecule has 1 atom stereocenters. The van der Waals surface area contributed by atoms with Gasteiger partial charge in [0.2, 0.25) is 0 Å². The van der Waals surface area contributed by atoms with Crippen LogP contribution in [0, 0.1) is 0 Å². The fourth-order valence-electron chi connectivity index (χ4n) is 2.77. The van der Waals surface area contributed by atoms with Gasteiger partial charge >= 0.3 is 141 Å². The summed E-state index contributed by atoms with van der Waals surface area (Å²) < 4.78 is 40.1. The molecule has 2 nitrogen and oxygen atoms in total. The Morgan fingerprint density at radius 2 is 1.70 bits per heavy atom. The van der Waals surface area contributed by atoms with E-state index in [0.717, 1.165) is 10.0 Å². The van der Waals surface area contributed by atoms with Gasteiger partial charge in [0.1, 0.15) is 0 Å². The van der Waals surface area contributed by atoms with Gasteiger partial charge < -0.3 is 0 Å². The first-order valence-electron chi connectivity index (χ1n) is 7.89. The van der Waals surface area contributed by atoms with Crippen LogP contribution in [-0.4, -0.2) is 35.5 Å². The van der Waals surface area contributed by atoms with Crippen LogP contribution in [0.2, 0.25) is 14.8 Å². The van der Waals surface area contributed by atoms with Gasteiger partial charge in [0, 0.05) is 0 Å². The number of hydrogen-bond donors (Lipinski definition) is 1. The van der Waals surface area contributed by atoms with Gasteiger partial charge in [0.15, 0.2) is 0 Å². The molecule has 0 aromatic heterocycles. The number of alkyl halides is 3. The standard InChI is InChI=1S/C14H16F3N2.3CH3.Sn/c1-9(2)19-8-12(14(15,16)17)18-13(19)11-6-4-10(3)5-7-11;;;;/h4-9,13,18H,3H2,1-2H3;3*1H3;. The number of hydrogen-bond acceptors (Lipinski definition) is 2. The van der Waals surface area contributed by atoms with E-state index in [4.69, 9.17) is 0 Å². The summed E-state index contributed by atoms with van der Waals surface area (Å²) in [4.78, 5) is 8.85. The first-order chi connectivity index (χ1) is 10.5. The summed E-state index contributed by atoms with van der Waals surface area (Å²) in [7, 11) is 0. The SMILES string of the molecule is CC(C)N1C=C(C(F)(F)F)NC1c1ccc([CH2][Sn]([CH3])([CH3])[CH3])cc1. The van der Waals surface area contributed by atoms with Crippen molar-refractivity contribution in [2.75, 3.05) is 0 Å². The Bertz CT molecular complexity index is 571. The molecule has 0 bridgehead atoms. The zero-order valence-electron chi connectivity index (χ0n) is 14.3. The van der Waals surface area contributed by atoms with Gasteiger partial charge in [-0.3, -0.25) is 0 Å². The van der Waals surface area contributed by atoms with Gasteiger partial charge in [0.25, 0.3) is 0 Å². The second kappa shape index (κ2) is 6.57. The van der Waals surface area contributed by atoms with E-state index in [1.807, 2.05) is 26.0 Å². The van der Waals surface area contributed by atoms with Crippen LogP contribution in [0.3, 0.4) is 0 Å². The number of nitrogens with one attached hydrogen (secondary N) is 1. The molecule has 2 rings (SSSR count). The summed E-state index contributed by atoms with van der Waals surface area (Å²) >= 11 is -1.91. The molecule has 1 aromatic rings. The predicted molar refractivity (Wildman–Crippen MR) is 90.5 cm³/mol. The molecule has 0 saturated carbocycles. The van der Waals surface area contributed by atoms with Crippen LogP contribution in [0.25, 0.3) is 0 Å². The van der Waals surface area contributed by atoms with Crippen molar-refractivity contribution in [1.82, 2.24) is 10.2 Å². The molecule has 1 aliphatic heterocycles. The fraction of sp³-hybridized carbons (Fsp3) is 0.529. The number of benzene rings is 1. The molecule has 0 aliphatic carbocycles. The van der Waals surface area contributed by atoms with Gasteiger partial charge in [-0.15, -0.1) is 0 Å². The molecule has 0 fully saturated rings. The minimum atomic E-state index is -4.34. The molecule has 23 heavy (non-hydrogen) atoms. The average Bonchev–Trinajstić information content (AvgIpc) is 2.82. The number of rotatable bonds is 4. The monoisotopic (exact) mass is 434 g/mol. The predicted octanol–water partition coefficient (Wildman–Crippen LogP) is 4.82. The van der Waals surface area contributed by atoms with Crippen molar-refractivity contribution in [3.8, 4) is 0 Å². The van der Waals surface area contributed by atoms with E-state index in [1.54, 1.807) is 4.90 Å². The van der Waals surface area contributed by atoms with E-state index in [-0.39, 0.29) is 6.04 Å². The van der Waals surface area contributed by atoms with Crippen LogP contribution >= 0.6 is 0 Å². The summed E-state index contributed by atoms with van der Waals surface area (Å²) in [6, 6.07) is 8.00. The maximum absolute atomic E-state index is 13.0. The first kappa shape index (κ1) is 18.5. The van der Waals surface area contributed by atoms with E-state index < -0.39 is 36.4 Å². The molecule has 1 N–H and O–H groups in total. The van der Waals surface area contributed by atoms with Crippen molar-refractivity contribution >= 4 is 18.4 Å². The van der Waals surface area contributed by atoms with Crippen molar-refractivity contribution in [2.45, 2.75) is 51.5 Å². The molecule has 1 aromatic carbocycles.